The lowest BCUT2D eigenvalue weighted by Gasteiger charge is -2.55. The molecule has 0 atom stereocenters. The van der Waals surface area contributed by atoms with Crippen LogP contribution in [0.25, 0.3) is 0 Å². The minimum atomic E-state index is -0.521. The number of hydrogen-bond acceptors (Lipinski definition) is 5. The number of aryl methyl sites for hydroxylation is 1. The summed E-state index contributed by atoms with van der Waals surface area (Å²) in [7, 11) is 0. The van der Waals surface area contributed by atoms with Gasteiger partial charge in [-0.05, 0) is 82.6 Å². The van der Waals surface area contributed by atoms with Crippen LogP contribution >= 0.6 is 0 Å². The van der Waals surface area contributed by atoms with Gasteiger partial charge in [-0.1, -0.05) is 0 Å². The van der Waals surface area contributed by atoms with Crippen molar-refractivity contribution in [3.05, 3.63) is 22.5 Å². The number of hydrogen-bond donors (Lipinski definition) is 2. The van der Waals surface area contributed by atoms with Crippen LogP contribution in [0.5, 0.6) is 0 Å². The fraction of sp³-hybridized carbons (Fsp3) is 0.667. The van der Waals surface area contributed by atoms with Gasteiger partial charge in [0.15, 0.2) is 12.4 Å². The van der Waals surface area contributed by atoms with E-state index in [2.05, 4.69) is 10.3 Å². The lowest BCUT2D eigenvalue weighted by molar-refractivity contribution is -0.147. The Balaban J connectivity index is 1.23. The smallest absolute Gasteiger partial charge is 0.308 e. The molecule has 1 aromatic heterocycles. The Morgan fingerprint density at radius 3 is 2.13 bits per heavy atom. The molecule has 168 valence electrons. The van der Waals surface area contributed by atoms with E-state index >= 15 is 0 Å². The normalized spacial score (nSPS) is 28.4. The molecule has 4 bridgehead atoms. The van der Waals surface area contributed by atoms with Crippen molar-refractivity contribution in [1.82, 2.24) is 10.3 Å². The van der Waals surface area contributed by atoms with Gasteiger partial charge in [0, 0.05) is 23.2 Å². The maximum Gasteiger partial charge on any atom is 0.308 e. The Bertz CT molecular complexity index is 893. The van der Waals surface area contributed by atoms with Crippen LogP contribution in [-0.4, -0.2) is 41.6 Å². The van der Waals surface area contributed by atoms with Crippen molar-refractivity contribution in [1.29, 1.82) is 0 Å². The molecule has 4 aliphatic carbocycles. The zero-order valence-electron chi connectivity index (χ0n) is 18.6. The first-order valence-corrected chi connectivity index (χ1v) is 11.4. The van der Waals surface area contributed by atoms with Gasteiger partial charge in [-0.2, -0.15) is 0 Å². The van der Waals surface area contributed by atoms with E-state index < -0.39 is 5.97 Å². The number of rotatable bonds is 8. The summed E-state index contributed by atoms with van der Waals surface area (Å²) in [4.78, 5) is 52.0. The molecule has 0 aromatic carbocycles. The number of esters is 1. The molecule has 0 spiro atoms. The quantitative estimate of drug-likeness (QED) is 0.488. The predicted molar refractivity (Wildman–Crippen MR) is 114 cm³/mol. The summed E-state index contributed by atoms with van der Waals surface area (Å²) >= 11 is 0. The summed E-state index contributed by atoms with van der Waals surface area (Å²) < 4.78 is 5.11. The predicted octanol–water partition coefficient (Wildman–Crippen LogP) is 3.28. The molecule has 0 radical (unpaired) electrons. The summed E-state index contributed by atoms with van der Waals surface area (Å²) in [5, 5.41) is 2.95. The summed E-state index contributed by atoms with van der Waals surface area (Å²) in [6, 6.07) is 0. The van der Waals surface area contributed by atoms with Crippen LogP contribution in [0.4, 0.5) is 0 Å². The van der Waals surface area contributed by atoms with Crippen molar-refractivity contribution in [3.8, 4) is 0 Å². The second-order valence-electron chi connectivity index (χ2n) is 9.97. The second kappa shape index (κ2) is 8.24. The van der Waals surface area contributed by atoms with Crippen LogP contribution in [0.2, 0.25) is 0 Å². The van der Waals surface area contributed by atoms with E-state index in [0.717, 1.165) is 19.3 Å². The standard InChI is InChI=1S/C24H32N2O5/c1-13-21(15(3)27)14(2)26-22(13)19(28)12-31-20(29)4-5-25-23(30)24-9-16-6-17(10-24)8-18(7-16)11-24/h16-18,26H,4-12H2,1-3H3,(H,25,30). The zero-order valence-corrected chi connectivity index (χ0v) is 18.6. The first-order chi connectivity index (χ1) is 14.7. The number of ether oxygens (including phenoxy) is 1. The molecule has 4 aliphatic rings. The molecule has 7 nitrogen and oxygen atoms in total. The monoisotopic (exact) mass is 428 g/mol. The summed E-state index contributed by atoms with van der Waals surface area (Å²) in [5.41, 5.74) is 1.78. The summed E-state index contributed by atoms with van der Waals surface area (Å²) in [5.74, 6) is 1.15. The van der Waals surface area contributed by atoms with Gasteiger partial charge < -0.3 is 15.0 Å². The van der Waals surface area contributed by atoms with Crippen molar-refractivity contribution in [2.24, 2.45) is 23.2 Å². The number of aromatic amines is 1. The number of carbonyl (C=O) groups excluding carboxylic acids is 4. The minimum Gasteiger partial charge on any atom is -0.457 e. The molecule has 4 fully saturated rings. The minimum absolute atomic E-state index is 0.0345. The first kappa shape index (κ1) is 21.8. The van der Waals surface area contributed by atoms with E-state index in [1.54, 1.807) is 13.8 Å². The molecule has 5 rings (SSSR count). The number of ketones is 2. The van der Waals surface area contributed by atoms with Gasteiger partial charge in [0.25, 0.3) is 0 Å². The number of nitrogens with one attached hydrogen (secondary N) is 2. The van der Waals surface area contributed by atoms with Gasteiger partial charge in [-0.25, -0.2) is 0 Å². The number of carbonyl (C=O) groups is 4. The Labute approximate surface area is 182 Å². The lowest BCUT2D eigenvalue weighted by atomic mass is 9.49. The van der Waals surface area contributed by atoms with Crippen molar-refractivity contribution in [2.45, 2.75) is 65.7 Å². The zero-order chi connectivity index (χ0) is 22.3. The van der Waals surface area contributed by atoms with Crippen LogP contribution in [0.3, 0.4) is 0 Å². The highest BCUT2D eigenvalue weighted by Gasteiger charge is 2.54. The van der Waals surface area contributed by atoms with Crippen LogP contribution in [0.15, 0.2) is 0 Å². The largest absolute Gasteiger partial charge is 0.457 e. The number of H-pyrrole nitrogens is 1. The molecule has 4 saturated carbocycles. The van der Waals surface area contributed by atoms with E-state index in [-0.39, 0.29) is 42.5 Å². The molecule has 0 unspecified atom stereocenters. The van der Waals surface area contributed by atoms with Crippen molar-refractivity contribution >= 4 is 23.4 Å². The summed E-state index contributed by atoms with van der Waals surface area (Å²) in [6.45, 7) is 4.73. The third kappa shape index (κ3) is 4.19. The molecule has 1 aromatic rings. The third-order valence-electron chi connectivity index (χ3n) is 7.57. The highest BCUT2D eigenvalue weighted by Crippen LogP contribution is 2.60. The Morgan fingerprint density at radius 1 is 1.03 bits per heavy atom. The maximum absolute atomic E-state index is 12.9. The molecule has 7 heteroatoms. The number of aromatic nitrogens is 1. The maximum atomic E-state index is 12.9. The third-order valence-corrected chi connectivity index (χ3v) is 7.57. The Kier molecular flexibility index (Phi) is 5.79. The number of amides is 1. The van der Waals surface area contributed by atoms with E-state index in [1.807, 2.05) is 0 Å². The van der Waals surface area contributed by atoms with Crippen molar-refractivity contribution < 1.29 is 23.9 Å². The molecular formula is C24H32N2O5. The molecular weight excluding hydrogens is 396 g/mol. The van der Waals surface area contributed by atoms with E-state index in [0.29, 0.717) is 40.3 Å². The van der Waals surface area contributed by atoms with E-state index in [1.165, 1.54) is 26.2 Å². The highest BCUT2D eigenvalue weighted by atomic mass is 16.5. The molecule has 1 heterocycles. The lowest BCUT2D eigenvalue weighted by Crippen LogP contribution is -2.53. The van der Waals surface area contributed by atoms with Gasteiger partial charge >= 0.3 is 5.97 Å². The van der Waals surface area contributed by atoms with Gasteiger partial charge in [0.1, 0.15) is 0 Å². The molecule has 0 saturated heterocycles. The molecule has 2 N–H and O–H groups in total. The Hall–Kier alpha value is -2.44. The van der Waals surface area contributed by atoms with Crippen LogP contribution in [0.1, 0.15) is 84.0 Å². The Morgan fingerprint density at radius 2 is 1.61 bits per heavy atom. The number of Topliss-reactive ketones (excluding diaryl/α,β-unsaturated/α-hetero) is 2. The van der Waals surface area contributed by atoms with Crippen LogP contribution < -0.4 is 5.32 Å². The van der Waals surface area contributed by atoms with Crippen LogP contribution in [0, 0.1) is 37.0 Å². The van der Waals surface area contributed by atoms with Crippen molar-refractivity contribution in [2.75, 3.05) is 13.2 Å². The molecule has 1 amide bonds. The average molecular weight is 429 g/mol. The van der Waals surface area contributed by atoms with Gasteiger partial charge in [0.05, 0.1) is 12.1 Å². The van der Waals surface area contributed by atoms with Gasteiger partial charge in [0.2, 0.25) is 11.7 Å². The van der Waals surface area contributed by atoms with Gasteiger partial charge in [-0.15, -0.1) is 0 Å². The topological polar surface area (TPSA) is 105 Å². The van der Waals surface area contributed by atoms with E-state index in [4.69, 9.17) is 4.74 Å². The van der Waals surface area contributed by atoms with Crippen molar-refractivity contribution in [3.63, 3.8) is 0 Å². The summed E-state index contributed by atoms with van der Waals surface area (Å²) in [6.07, 6.45) is 6.83. The first-order valence-electron chi connectivity index (χ1n) is 11.4. The molecule has 31 heavy (non-hydrogen) atoms. The fourth-order valence-electron chi connectivity index (χ4n) is 6.70. The van der Waals surface area contributed by atoms with E-state index in [9.17, 15) is 19.2 Å². The molecule has 0 aliphatic heterocycles. The SMILES string of the molecule is CC(=O)c1c(C)[nH]c(C(=O)COC(=O)CCNC(=O)C23CC4CC(CC(C4)C2)C3)c1C. The fourth-order valence-corrected chi connectivity index (χ4v) is 6.70. The van der Waals surface area contributed by atoms with Gasteiger partial charge in [-0.3, -0.25) is 19.2 Å². The highest BCUT2D eigenvalue weighted by molar-refractivity contribution is 6.04. The average Bonchev–Trinajstić information content (AvgIpc) is 2.99. The second-order valence-corrected chi connectivity index (χ2v) is 9.97. The van der Waals surface area contributed by atoms with Crippen LogP contribution in [-0.2, 0) is 14.3 Å².